The van der Waals surface area contributed by atoms with Gasteiger partial charge in [-0.05, 0) is 0 Å². The molecule has 2 nitrogen and oxygen atoms in total. The number of fused-ring (bicyclic) bond motifs is 3. The number of hydrogen-bond donors (Lipinski definition) is 0. The molecule has 182 valence electrons. The fourth-order valence-electron chi connectivity index (χ4n) is 8.29. The van der Waals surface area contributed by atoms with Gasteiger partial charge >= 0.3 is 227 Å². The summed E-state index contributed by atoms with van der Waals surface area (Å²) in [5, 5.41) is 11.8. The molecular formula is C36H25N2P+2. The molecule has 0 bridgehead atoms. The van der Waals surface area contributed by atoms with E-state index >= 15 is 0 Å². The predicted octanol–water partition coefficient (Wildman–Crippen LogP) is 6.33. The van der Waals surface area contributed by atoms with Gasteiger partial charge in [-0.25, -0.2) is 0 Å². The van der Waals surface area contributed by atoms with E-state index in [4.69, 9.17) is 0 Å². The Kier molecular flexibility index (Phi) is 3.67. The van der Waals surface area contributed by atoms with Crippen LogP contribution in [0.15, 0.2) is 128 Å². The molecule has 5 heterocycles. The van der Waals surface area contributed by atoms with E-state index in [1.165, 1.54) is 60.4 Å². The first kappa shape index (κ1) is 20.6. The number of pyridine rings is 2. The first-order valence-electron chi connectivity index (χ1n) is 13.9. The Balaban J connectivity index is 1.52. The molecule has 39 heavy (non-hydrogen) atoms. The van der Waals surface area contributed by atoms with E-state index < -0.39 is 7.41 Å². The Hall–Kier alpha value is -4.39. The van der Waals surface area contributed by atoms with Crippen LogP contribution in [0.25, 0.3) is 43.6 Å². The maximum absolute atomic E-state index is 2.78. The van der Waals surface area contributed by atoms with Crippen LogP contribution in [0.4, 0.5) is 0 Å². The van der Waals surface area contributed by atoms with Crippen molar-refractivity contribution < 1.29 is 8.90 Å². The summed E-state index contributed by atoms with van der Waals surface area (Å²) in [6, 6.07) is 43.7. The van der Waals surface area contributed by atoms with Crippen molar-refractivity contribution in [2.24, 2.45) is 0 Å². The zero-order valence-corrected chi connectivity index (χ0v) is 22.3. The van der Waals surface area contributed by atoms with Gasteiger partial charge in [-0.1, -0.05) is 0 Å². The summed E-state index contributed by atoms with van der Waals surface area (Å²) in [6.45, 7) is 0. The quantitative estimate of drug-likeness (QED) is 0.137. The van der Waals surface area contributed by atoms with Crippen molar-refractivity contribution in [1.82, 2.24) is 0 Å². The molecule has 10 rings (SSSR count). The van der Waals surface area contributed by atoms with Crippen LogP contribution in [0.2, 0.25) is 0 Å². The Morgan fingerprint density at radius 3 is 2.08 bits per heavy atom. The summed E-state index contributed by atoms with van der Waals surface area (Å²) in [5.41, 5.74) is 7.02. The second-order valence-electron chi connectivity index (χ2n) is 11.4. The van der Waals surface area contributed by atoms with Crippen LogP contribution in [0.3, 0.4) is 0 Å². The average molecular weight is 517 g/mol. The average Bonchev–Trinajstić information content (AvgIpc) is 3.00. The van der Waals surface area contributed by atoms with Gasteiger partial charge in [0.15, 0.2) is 0 Å². The zero-order chi connectivity index (χ0) is 25.3. The maximum atomic E-state index is 2.78. The van der Waals surface area contributed by atoms with Gasteiger partial charge in [-0.3, -0.25) is 0 Å². The third kappa shape index (κ3) is 2.31. The van der Waals surface area contributed by atoms with Crippen molar-refractivity contribution in [3.05, 3.63) is 144 Å². The van der Waals surface area contributed by atoms with Crippen molar-refractivity contribution >= 4 is 50.3 Å². The van der Waals surface area contributed by atoms with Crippen LogP contribution in [-0.2, 0) is 6.29 Å². The van der Waals surface area contributed by atoms with E-state index in [2.05, 4.69) is 137 Å². The van der Waals surface area contributed by atoms with Crippen molar-refractivity contribution in [2.45, 2.75) is 12.2 Å². The molecule has 2 aromatic heterocycles. The second-order valence-corrected chi connectivity index (χ2v) is 14.9. The van der Waals surface area contributed by atoms with E-state index in [1.54, 1.807) is 10.6 Å². The molecule has 1 atom stereocenters. The van der Waals surface area contributed by atoms with Gasteiger partial charge < -0.3 is 0 Å². The van der Waals surface area contributed by atoms with Crippen molar-refractivity contribution in [1.29, 1.82) is 0 Å². The molecule has 7 aromatic rings. The van der Waals surface area contributed by atoms with Gasteiger partial charge in [-0.15, -0.1) is 0 Å². The molecule has 5 aromatic carbocycles. The van der Waals surface area contributed by atoms with Gasteiger partial charge in [0.1, 0.15) is 0 Å². The number of benzene rings is 5. The van der Waals surface area contributed by atoms with Gasteiger partial charge in [0.2, 0.25) is 0 Å². The zero-order valence-electron chi connectivity index (χ0n) is 21.3. The Labute approximate surface area is 226 Å². The molecule has 3 aliphatic rings. The third-order valence-electron chi connectivity index (χ3n) is 9.67. The van der Waals surface area contributed by atoms with Crippen LogP contribution >= 0.6 is 7.41 Å². The summed E-state index contributed by atoms with van der Waals surface area (Å²) < 4.78 is 5.33. The Morgan fingerprint density at radius 1 is 0.564 bits per heavy atom. The second kappa shape index (κ2) is 6.97. The van der Waals surface area contributed by atoms with Crippen LogP contribution in [0.5, 0.6) is 0 Å². The van der Waals surface area contributed by atoms with Gasteiger partial charge in [0.05, 0.1) is 0 Å². The van der Waals surface area contributed by atoms with E-state index in [9.17, 15) is 0 Å². The molecule has 0 saturated heterocycles. The monoisotopic (exact) mass is 516 g/mol. The van der Waals surface area contributed by atoms with Crippen LogP contribution in [-0.4, -0.2) is 0 Å². The summed E-state index contributed by atoms with van der Waals surface area (Å²) in [6.07, 6.45) is 5.72. The predicted molar refractivity (Wildman–Crippen MR) is 162 cm³/mol. The number of rotatable bonds is 1. The molecule has 0 fully saturated rings. The van der Waals surface area contributed by atoms with Gasteiger partial charge in [-0.2, -0.15) is 0 Å². The standard InChI is InChI=1S/C36H25N2P/c1-2-8-23(9-3-1)31-28-19-17-26-15-13-24-12-14-25-16-18-27-29-10-4-6-20-37(29)22-39(38-21-7-5-11-30(31)38)35(27)33(25)32(24)34(26)36(28)39/h1-21,31,39H,22H2/q+2. The fraction of sp³-hybridized carbons (Fsp3) is 0.0556. The summed E-state index contributed by atoms with van der Waals surface area (Å²) in [7, 11) is -2.54. The van der Waals surface area contributed by atoms with Crippen LogP contribution < -0.4 is 19.5 Å². The molecule has 3 aliphatic heterocycles. The van der Waals surface area contributed by atoms with Crippen molar-refractivity contribution in [3.63, 3.8) is 0 Å². The first-order valence-corrected chi connectivity index (χ1v) is 16.0. The van der Waals surface area contributed by atoms with Crippen LogP contribution in [0.1, 0.15) is 22.7 Å². The van der Waals surface area contributed by atoms with E-state index in [0.717, 1.165) is 6.29 Å². The first-order chi connectivity index (χ1) is 19.3. The number of hydrogen-bond acceptors (Lipinski definition) is 0. The molecule has 1 unspecified atom stereocenters. The van der Waals surface area contributed by atoms with E-state index in [0.29, 0.717) is 0 Å². The molecular weight excluding hydrogens is 491 g/mol. The van der Waals surface area contributed by atoms with E-state index in [1.807, 2.05) is 0 Å². The minimum absolute atomic E-state index is 0.204. The van der Waals surface area contributed by atoms with Crippen LogP contribution in [0, 0.1) is 0 Å². The SMILES string of the molecule is c1ccc(C2c3ccc4ccc5ccc6ccc7c8c6c5c4c3[PH]8(C[n+]3ccccc3-7)[n+]3ccccc32)cc1. The van der Waals surface area contributed by atoms with Gasteiger partial charge in [0, 0.05) is 0 Å². The van der Waals surface area contributed by atoms with Crippen molar-refractivity contribution in [2.75, 3.05) is 0 Å². The molecule has 1 spiro atoms. The number of aromatic nitrogens is 2. The molecule has 0 amide bonds. The minimum atomic E-state index is -2.54. The topological polar surface area (TPSA) is 7.76 Å². The number of nitrogens with zero attached hydrogens (tertiary/aromatic N) is 2. The molecule has 0 aliphatic carbocycles. The third-order valence-corrected chi connectivity index (χ3v) is 14.4. The van der Waals surface area contributed by atoms with E-state index in [-0.39, 0.29) is 5.92 Å². The molecule has 0 radical (unpaired) electrons. The van der Waals surface area contributed by atoms with Gasteiger partial charge in [0.25, 0.3) is 0 Å². The Bertz CT molecular complexity index is 2210. The molecule has 0 N–H and O–H groups in total. The fourth-order valence-corrected chi connectivity index (χ4v) is 14.0. The summed E-state index contributed by atoms with van der Waals surface area (Å²) in [5.74, 6) is 0.204. The Morgan fingerprint density at radius 2 is 1.23 bits per heavy atom. The molecule has 0 saturated carbocycles. The molecule has 3 heteroatoms. The van der Waals surface area contributed by atoms with Crippen molar-refractivity contribution in [3.8, 4) is 11.3 Å². The summed E-state index contributed by atoms with van der Waals surface area (Å²) >= 11 is 0. The normalized spacial score (nSPS) is 17.9. The summed E-state index contributed by atoms with van der Waals surface area (Å²) in [4.78, 5) is 0.